The summed E-state index contributed by atoms with van der Waals surface area (Å²) in [6, 6.07) is 11.0. The van der Waals surface area contributed by atoms with Gasteiger partial charge in [-0.1, -0.05) is 44.2 Å². The molecule has 2 bridgehead atoms. The number of hydrogen-bond acceptors (Lipinski definition) is 3. The summed E-state index contributed by atoms with van der Waals surface area (Å²) in [6.45, 7) is 6.98. The minimum absolute atomic E-state index is 0.114. The zero-order chi connectivity index (χ0) is 19.4. The Morgan fingerprint density at radius 2 is 1.86 bits per heavy atom. The molecule has 1 aromatic rings. The first-order valence-electron chi connectivity index (χ1n) is 11.1. The SMILES string of the molecule is CC1(C)[C@@H]2C[C@@H]3[C@@H](c4ccccc4)OCC[C@]3(C2)[C@H]1NC(=O)C1CCOCC1. The molecule has 2 saturated carbocycles. The lowest BCUT2D eigenvalue weighted by Gasteiger charge is -2.53. The Hall–Kier alpha value is -1.39. The Bertz CT molecular complexity index is 727. The van der Waals surface area contributed by atoms with E-state index in [0.29, 0.717) is 25.0 Å². The van der Waals surface area contributed by atoms with E-state index in [9.17, 15) is 4.79 Å². The van der Waals surface area contributed by atoms with Crippen LogP contribution in [0.25, 0.3) is 0 Å². The molecule has 4 heteroatoms. The van der Waals surface area contributed by atoms with Crippen molar-refractivity contribution in [3.05, 3.63) is 35.9 Å². The lowest BCUT2D eigenvalue weighted by molar-refractivity contribution is -0.141. The molecule has 1 aromatic carbocycles. The zero-order valence-corrected chi connectivity index (χ0v) is 17.2. The zero-order valence-electron chi connectivity index (χ0n) is 17.2. The molecule has 4 aliphatic rings. The summed E-state index contributed by atoms with van der Waals surface area (Å²) in [7, 11) is 0. The Kier molecular flexibility index (Phi) is 4.55. The maximum Gasteiger partial charge on any atom is 0.223 e. The predicted octanol–water partition coefficient (Wildman–Crippen LogP) is 4.11. The first-order chi connectivity index (χ1) is 13.5. The number of benzene rings is 1. The standard InChI is InChI=1S/C24H33NO3/c1-23(2)18-14-19-20(16-6-4-3-5-7-16)28-13-10-24(19,15-18)22(23)25-21(26)17-8-11-27-12-9-17/h3-7,17-20,22H,8-15H2,1-2H3,(H,25,26)/t18-,19-,20-,22+,24-/m1/s1. The first kappa shape index (κ1) is 18.6. The highest BCUT2D eigenvalue weighted by Gasteiger charge is 2.68. The third-order valence-electron chi connectivity index (χ3n) is 8.51. The van der Waals surface area contributed by atoms with Gasteiger partial charge in [0, 0.05) is 31.8 Å². The van der Waals surface area contributed by atoms with Gasteiger partial charge in [-0.3, -0.25) is 4.79 Å². The lowest BCUT2D eigenvalue weighted by atomic mass is 9.58. The van der Waals surface area contributed by atoms with E-state index >= 15 is 0 Å². The second kappa shape index (κ2) is 6.84. The van der Waals surface area contributed by atoms with Crippen molar-refractivity contribution in [2.75, 3.05) is 19.8 Å². The summed E-state index contributed by atoms with van der Waals surface area (Å²) in [6.07, 6.45) is 5.40. The third-order valence-corrected chi connectivity index (χ3v) is 8.51. The number of rotatable bonds is 3. The van der Waals surface area contributed by atoms with Crippen molar-refractivity contribution in [3.63, 3.8) is 0 Å². The van der Waals surface area contributed by atoms with Crippen LogP contribution in [0.5, 0.6) is 0 Å². The molecule has 4 fully saturated rings. The molecule has 2 aliphatic carbocycles. The number of carbonyl (C=O) groups is 1. The van der Waals surface area contributed by atoms with Gasteiger partial charge in [0.25, 0.3) is 0 Å². The van der Waals surface area contributed by atoms with E-state index in [0.717, 1.165) is 25.9 Å². The Balaban J connectivity index is 1.43. The third kappa shape index (κ3) is 2.75. The summed E-state index contributed by atoms with van der Waals surface area (Å²) in [5.74, 6) is 1.53. The van der Waals surface area contributed by atoms with Crippen molar-refractivity contribution >= 4 is 5.91 Å². The topological polar surface area (TPSA) is 47.6 Å². The molecule has 2 saturated heterocycles. The van der Waals surface area contributed by atoms with Gasteiger partial charge in [-0.05, 0) is 60.3 Å². The molecule has 5 rings (SSSR count). The molecular formula is C24H33NO3. The summed E-state index contributed by atoms with van der Waals surface area (Å²) in [4.78, 5) is 13.1. The summed E-state index contributed by atoms with van der Waals surface area (Å²) in [5, 5.41) is 3.58. The van der Waals surface area contributed by atoms with Gasteiger partial charge >= 0.3 is 0 Å². The van der Waals surface area contributed by atoms with Crippen molar-refractivity contribution in [2.24, 2.45) is 28.6 Å². The maximum absolute atomic E-state index is 13.1. The molecule has 28 heavy (non-hydrogen) atoms. The summed E-state index contributed by atoms with van der Waals surface area (Å²) in [5.41, 5.74) is 1.62. The highest BCUT2D eigenvalue weighted by molar-refractivity contribution is 5.79. The van der Waals surface area contributed by atoms with Crippen LogP contribution in [0, 0.1) is 28.6 Å². The van der Waals surface area contributed by atoms with Gasteiger partial charge in [0.2, 0.25) is 5.91 Å². The average Bonchev–Trinajstić information content (AvgIpc) is 3.21. The van der Waals surface area contributed by atoms with Crippen LogP contribution in [0.2, 0.25) is 0 Å². The summed E-state index contributed by atoms with van der Waals surface area (Å²) >= 11 is 0. The fraction of sp³-hybridized carbons (Fsp3) is 0.708. The van der Waals surface area contributed by atoms with Crippen LogP contribution in [0.1, 0.15) is 57.6 Å². The van der Waals surface area contributed by atoms with Crippen LogP contribution >= 0.6 is 0 Å². The van der Waals surface area contributed by atoms with Gasteiger partial charge in [-0.2, -0.15) is 0 Å². The molecule has 0 radical (unpaired) electrons. The number of fused-ring (bicyclic) bond motifs is 1. The van der Waals surface area contributed by atoms with E-state index in [2.05, 4.69) is 49.5 Å². The Labute approximate surface area is 168 Å². The molecule has 0 aromatic heterocycles. The van der Waals surface area contributed by atoms with Crippen LogP contribution in [-0.2, 0) is 14.3 Å². The normalized spacial score (nSPS) is 39.5. The van der Waals surface area contributed by atoms with Gasteiger partial charge in [0.1, 0.15) is 0 Å². The molecule has 1 spiro atoms. The van der Waals surface area contributed by atoms with Gasteiger partial charge < -0.3 is 14.8 Å². The highest BCUT2D eigenvalue weighted by Crippen LogP contribution is 2.70. The van der Waals surface area contributed by atoms with E-state index < -0.39 is 0 Å². The molecule has 1 N–H and O–H groups in total. The van der Waals surface area contributed by atoms with Crippen LogP contribution in [-0.4, -0.2) is 31.8 Å². The van der Waals surface area contributed by atoms with Crippen molar-refractivity contribution in [2.45, 2.75) is 58.1 Å². The summed E-state index contributed by atoms with van der Waals surface area (Å²) < 4.78 is 11.8. The monoisotopic (exact) mass is 383 g/mol. The molecule has 1 amide bonds. The van der Waals surface area contributed by atoms with Crippen LogP contribution in [0.15, 0.2) is 30.3 Å². The number of nitrogens with one attached hydrogen (secondary N) is 1. The van der Waals surface area contributed by atoms with Crippen LogP contribution < -0.4 is 5.32 Å². The Morgan fingerprint density at radius 1 is 1.11 bits per heavy atom. The number of amides is 1. The number of ether oxygens (including phenoxy) is 2. The number of carbonyl (C=O) groups excluding carboxylic acids is 1. The van der Waals surface area contributed by atoms with E-state index in [1.165, 1.54) is 18.4 Å². The van der Waals surface area contributed by atoms with E-state index in [1.807, 2.05) is 0 Å². The van der Waals surface area contributed by atoms with Crippen molar-refractivity contribution in [3.8, 4) is 0 Å². The quantitative estimate of drug-likeness (QED) is 0.854. The second-order valence-electron chi connectivity index (χ2n) is 10.1. The van der Waals surface area contributed by atoms with Gasteiger partial charge in [0.15, 0.2) is 0 Å². The average molecular weight is 384 g/mol. The van der Waals surface area contributed by atoms with E-state index in [1.54, 1.807) is 0 Å². The minimum atomic E-state index is 0.114. The highest BCUT2D eigenvalue weighted by atomic mass is 16.5. The minimum Gasteiger partial charge on any atom is -0.381 e. The molecule has 5 atom stereocenters. The molecule has 152 valence electrons. The fourth-order valence-electron chi connectivity index (χ4n) is 6.98. The van der Waals surface area contributed by atoms with E-state index in [4.69, 9.17) is 9.47 Å². The smallest absolute Gasteiger partial charge is 0.223 e. The second-order valence-corrected chi connectivity index (χ2v) is 10.1. The fourth-order valence-corrected chi connectivity index (χ4v) is 6.98. The van der Waals surface area contributed by atoms with Gasteiger partial charge in [0.05, 0.1) is 6.10 Å². The Morgan fingerprint density at radius 3 is 2.61 bits per heavy atom. The van der Waals surface area contributed by atoms with Crippen LogP contribution in [0.3, 0.4) is 0 Å². The van der Waals surface area contributed by atoms with Gasteiger partial charge in [-0.15, -0.1) is 0 Å². The van der Waals surface area contributed by atoms with Crippen molar-refractivity contribution < 1.29 is 14.3 Å². The molecule has 2 aliphatic heterocycles. The van der Waals surface area contributed by atoms with Crippen molar-refractivity contribution in [1.29, 1.82) is 0 Å². The van der Waals surface area contributed by atoms with Crippen LogP contribution in [0.4, 0.5) is 0 Å². The molecule has 2 heterocycles. The number of hydrogen-bond donors (Lipinski definition) is 1. The molecular weight excluding hydrogens is 350 g/mol. The maximum atomic E-state index is 13.1. The van der Waals surface area contributed by atoms with Crippen molar-refractivity contribution in [1.82, 2.24) is 5.32 Å². The molecule has 4 nitrogen and oxygen atoms in total. The molecule has 0 unspecified atom stereocenters. The van der Waals surface area contributed by atoms with E-state index in [-0.39, 0.29) is 34.8 Å². The lowest BCUT2D eigenvalue weighted by Crippen LogP contribution is -2.59. The first-order valence-corrected chi connectivity index (χ1v) is 11.1. The predicted molar refractivity (Wildman–Crippen MR) is 108 cm³/mol. The largest absolute Gasteiger partial charge is 0.381 e. The van der Waals surface area contributed by atoms with Gasteiger partial charge in [-0.25, -0.2) is 0 Å².